The fraction of sp³-hybridized carbons (Fsp3) is 0.579. The maximum Gasteiger partial charge on any atom is 0.431 e. The summed E-state index contributed by atoms with van der Waals surface area (Å²) in [6.45, 7) is 5.55. The van der Waals surface area contributed by atoms with Gasteiger partial charge >= 0.3 is 6.18 Å². The number of anilines is 2. The molecule has 0 aliphatic carbocycles. The number of hydrogen-bond donors (Lipinski definition) is 1. The highest BCUT2D eigenvalue weighted by Crippen LogP contribution is 2.26. The molecule has 1 saturated heterocycles. The number of nitrogens with two attached hydrogens (primary N) is 1. The number of amides is 1. The number of hydrogen-bond acceptors (Lipinski definition) is 5. The van der Waals surface area contributed by atoms with E-state index in [0.29, 0.717) is 43.3 Å². The number of piperazine rings is 1. The summed E-state index contributed by atoms with van der Waals surface area (Å²) in [6, 6.07) is 5.39. The number of alkyl halides is 3. The van der Waals surface area contributed by atoms with Gasteiger partial charge in [-0.3, -0.25) is 9.80 Å². The molecule has 0 radical (unpaired) electrons. The van der Waals surface area contributed by atoms with E-state index >= 15 is 0 Å². The number of carbonyl (C=O) groups is 1. The summed E-state index contributed by atoms with van der Waals surface area (Å²) in [5.41, 5.74) is 6.41. The Hall–Kier alpha value is -2.16. The minimum absolute atomic E-state index is 0.170. The number of carbonyl (C=O) groups excluding carboxylic acids is 1. The Morgan fingerprint density at radius 1 is 1.24 bits per heavy atom. The summed E-state index contributed by atoms with van der Waals surface area (Å²) in [7, 11) is 0. The molecule has 0 atom stereocenters. The third kappa shape index (κ3) is 6.42. The quantitative estimate of drug-likeness (QED) is 0.405. The van der Waals surface area contributed by atoms with Crippen LogP contribution in [0, 0.1) is 0 Å². The number of nitrogens with zero attached hydrogens (tertiary/aromatic N) is 4. The largest absolute Gasteiger partial charge is 0.431 e. The molecule has 1 aliphatic rings. The van der Waals surface area contributed by atoms with Crippen LogP contribution in [0.2, 0.25) is 5.02 Å². The van der Waals surface area contributed by atoms with Gasteiger partial charge in [0.25, 0.3) is 0 Å². The van der Waals surface area contributed by atoms with Crippen molar-refractivity contribution in [1.82, 2.24) is 9.91 Å². The molecule has 162 valence electrons. The molecule has 2 rings (SSSR count). The number of nitrogen functional groups attached to an aromatic ring is 1. The number of benzene rings is 1. The molecule has 0 aromatic heterocycles. The van der Waals surface area contributed by atoms with Gasteiger partial charge in [0.2, 0.25) is 5.91 Å². The summed E-state index contributed by atoms with van der Waals surface area (Å²) in [5, 5.41) is 5.39. The molecule has 6 nitrogen and oxygen atoms in total. The minimum Gasteiger partial charge on any atom is -0.397 e. The fourth-order valence-corrected chi connectivity index (χ4v) is 3.19. The van der Waals surface area contributed by atoms with Crippen LogP contribution in [0.4, 0.5) is 24.5 Å². The Bertz CT molecular complexity index is 733. The molecular formula is C19H27ClF3N5O. The van der Waals surface area contributed by atoms with Gasteiger partial charge in [0.15, 0.2) is 0 Å². The standard InChI is InChI=1S/C19H27ClF3N5O/c1-3-5-17(19(21,22)23)25-28(4-2)13-18(29)27-10-8-26(9-11-27)14-6-7-15(20)16(24)12-14/h6-7,12H,3-5,8-11,13,24H2,1-2H3/b25-17+. The zero-order valence-corrected chi connectivity index (χ0v) is 17.4. The van der Waals surface area contributed by atoms with E-state index in [-0.39, 0.29) is 25.4 Å². The molecule has 1 aromatic carbocycles. The van der Waals surface area contributed by atoms with Crippen LogP contribution < -0.4 is 10.6 Å². The van der Waals surface area contributed by atoms with Gasteiger partial charge in [0.1, 0.15) is 12.3 Å². The first-order chi connectivity index (χ1) is 13.7. The molecule has 0 bridgehead atoms. The van der Waals surface area contributed by atoms with Gasteiger partial charge in [-0.2, -0.15) is 18.3 Å². The molecule has 2 N–H and O–H groups in total. The average Bonchev–Trinajstić information content (AvgIpc) is 2.68. The van der Waals surface area contributed by atoms with Crippen molar-refractivity contribution in [3.05, 3.63) is 23.2 Å². The summed E-state index contributed by atoms with van der Waals surface area (Å²) in [5.74, 6) is -0.233. The van der Waals surface area contributed by atoms with Crippen molar-refractivity contribution >= 4 is 34.6 Å². The maximum absolute atomic E-state index is 13.1. The Morgan fingerprint density at radius 2 is 1.90 bits per heavy atom. The number of rotatable bonds is 7. The van der Waals surface area contributed by atoms with Crippen LogP contribution in [0.25, 0.3) is 0 Å². The lowest BCUT2D eigenvalue weighted by Gasteiger charge is -2.37. The third-order valence-electron chi connectivity index (χ3n) is 4.74. The summed E-state index contributed by atoms with van der Waals surface area (Å²) in [4.78, 5) is 16.3. The van der Waals surface area contributed by atoms with Crippen LogP contribution in [-0.4, -0.2) is 67.0 Å². The second-order valence-electron chi connectivity index (χ2n) is 6.85. The molecular weight excluding hydrogens is 407 g/mol. The van der Waals surface area contributed by atoms with E-state index in [2.05, 4.69) is 10.0 Å². The van der Waals surface area contributed by atoms with Gasteiger partial charge in [0.05, 0.1) is 10.7 Å². The normalized spacial score (nSPS) is 15.6. The van der Waals surface area contributed by atoms with E-state index in [1.54, 1.807) is 30.9 Å². The average molecular weight is 434 g/mol. The minimum atomic E-state index is -4.49. The topological polar surface area (TPSA) is 65.2 Å². The van der Waals surface area contributed by atoms with Crippen LogP contribution in [0.15, 0.2) is 23.3 Å². The summed E-state index contributed by atoms with van der Waals surface area (Å²) >= 11 is 5.95. The van der Waals surface area contributed by atoms with Gasteiger partial charge < -0.3 is 15.5 Å². The first-order valence-electron chi connectivity index (χ1n) is 9.63. The van der Waals surface area contributed by atoms with E-state index in [1.807, 2.05) is 6.07 Å². The van der Waals surface area contributed by atoms with Crippen LogP contribution in [0.3, 0.4) is 0 Å². The zero-order valence-electron chi connectivity index (χ0n) is 16.7. The number of likely N-dealkylation sites (N-methyl/N-ethyl adjacent to an activating group) is 1. The number of halogens is 4. The molecule has 1 amide bonds. The highest BCUT2D eigenvalue weighted by Gasteiger charge is 2.35. The van der Waals surface area contributed by atoms with Crippen LogP contribution in [-0.2, 0) is 4.79 Å². The van der Waals surface area contributed by atoms with E-state index in [4.69, 9.17) is 17.3 Å². The van der Waals surface area contributed by atoms with Crippen molar-refractivity contribution in [1.29, 1.82) is 0 Å². The molecule has 10 heteroatoms. The van der Waals surface area contributed by atoms with Crippen molar-refractivity contribution in [2.75, 3.05) is 49.9 Å². The van der Waals surface area contributed by atoms with Crippen molar-refractivity contribution in [2.24, 2.45) is 5.10 Å². The lowest BCUT2D eigenvalue weighted by molar-refractivity contribution is -0.132. The maximum atomic E-state index is 13.1. The predicted molar refractivity (Wildman–Crippen MR) is 110 cm³/mol. The predicted octanol–water partition coefficient (Wildman–Crippen LogP) is 3.61. The Morgan fingerprint density at radius 3 is 2.41 bits per heavy atom. The number of hydrazone groups is 1. The summed E-state index contributed by atoms with van der Waals surface area (Å²) in [6.07, 6.45) is -4.32. The molecule has 1 fully saturated rings. The third-order valence-corrected chi connectivity index (χ3v) is 5.08. The zero-order chi connectivity index (χ0) is 21.6. The second kappa shape index (κ2) is 10.0. The first-order valence-corrected chi connectivity index (χ1v) is 10.0. The molecule has 0 saturated carbocycles. The van der Waals surface area contributed by atoms with Crippen LogP contribution in [0.5, 0.6) is 0 Å². The van der Waals surface area contributed by atoms with Crippen molar-refractivity contribution < 1.29 is 18.0 Å². The highest BCUT2D eigenvalue weighted by atomic mass is 35.5. The Kier molecular flexibility index (Phi) is 8.01. The second-order valence-corrected chi connectivity index (χ2v) is 7.26. The highest BCUT2D eigenvalue weighted by molar-refractivity contribution is 6.33. The van der Waals surface area contributed by atoms with Gasteiger partial charge in [-0.25, -0.2) is 0 Å². The lowest BCUT2D eigenvalue weighted by atomic mass is 10.2. The molecule has 1 aromatic rings. The van der Waals surface area contributed by atoms with Gasteiger partial charge in [0, 0.05) is 38.4 Å². The Balaban J connectivity index is 1.96. The van der Waals surface area contributed by atoms with Gasteiger partial charge in [-0.15, -0.1) is 0 Å². The van der Waals surface area contributed by atoms with Crippen LogP contribution >= 0.6 is 11.6 Å². The van der Waals surface area contributed by atoms with Crippen molar-refractivity contribution in [3.8, 4) is 0 Å². The van der Waals surface area contributed by atoms with E-state index < -0.39 is 11.9 Å². The van der Waals surface area contributed by atoms with E-state index in [0.717, 1.165) is 5.69 Å². The fourth-order valence-electron chi connectivity index (χ4n) is 3.07. The molecule has 0 spiro atoms. The Labute approximate surface area is 174 Å². The van der Waals surface area contributed by atoms with Gasteiger partial charge in [-0.05, 0) is 31.5 Å². The first kappa shape index (κ1) is 23.1. The van der Waals surface area contributed by atoms with Crippen LogP contribution in [0.1, 0.15) is 26.7 Å². The monoisotopic (exact) mass is 433 g/mol. The van der Waals surface area contributed by atoms with E-state index in [9.17, 15) is 18.0 Å². The van der Waals surface area contributed by atoms with Crippen molar-refractivity contribution in [3.63, 3.8) is 0 Å². The lowest BCUT2D eigenvalue weighted by Crippen LogP contribution is -2.51. The smallest absolute Gasteiger partial charge is 0.397 e. The summed E-state index contributed by atoms with van der Waals surface area (Å²) < 4.78 is 39.2. The van der Waals surface area contributed by atoms with Crippen molar-refractivity contribution in [2.45, 2.75) is 32.9 Å². The molecule has 1 aliphatic heterocycles. The van der Waals surface area contributed by atoms with E-state index in [1.165, 1.54) is 5.01 Å². The molecule has 1 heterocycles. The molecule has 0 unspecified atom stereocenters. The molecule has 29 heavy (non-hydrogen) atoms. The SMILES string of the molecule is CCC/C(=N\N(CC)CC(=O)N1CCN(c2ccc(Cl)c(N)c2)CC1)C(F)(F)F. The van der Waals surface area contributed by atoms with Gasteiger partial charge in [-0.1, -0.05) is 24.9 Å².